The highest BCUT2D eigenvalue weighted by Crippen LogP contribution is 2.45. The lowest BCUT2D eigenvalue weighted by Crippen LogP contribution is -2.51. The molecule has 0 aromatic rings. The summed E-state index contributed by atoms with van der Waals surface area (Å²) in [7, 11) is 6.62. The zero-order chi connectivity index (χ0) is 15.6. The molecule has 0 radical (unpaired) electrons. The number of hydrogen-bond acceptors (Lipinski definition) is 5. The van der Waals surface area contributed by atoms with Crippen molar-refractivity contribution >= 4 is 11.9 Å². The van der Waals surface area contributed by atoms with Gasteiger partial charge >= 0.3 is 11.9 Å². The van der Waals surface area contributed by atoms with Gasteiger partial charge in [-0.15, -0.1) is 0 Å². The van der Waals surface area contributed by atoms with Gasteiger partial charge in [-0.1, -0.05) is 18.1 Å². The predicted octanol–water partition coefficient (Wildman–Crippen LogP) is 1.63. The van der Waals surface area contributed by atoms with E-state index in [-0.39, 0.29) is 23.9 Å². The fourth-order valence-corrected chi connectivity index (χ4v) is 3.81. The van der Waals surface area contributed by atoms with Gasteiger partial charge < -0.3 is 14.4 Å². The Hall–Kier alpha value is -1.36. The second kappa shape index (κ2) is 6.60. The lowest BCUT2D eigenvalue weighted by atomic mass is 9.64. The Bertz CT molecular complexity index is 444. The van der Waals surface area contributed by atoms with Crippen molar-refractivity contribution in [1.82, 2.24) is 4.90 Å². The lowest BCUT2D eigenvalue weighted by Gasteiger charge is -2.43. The van der Waals surface area contributed by atoms with Gasteiger partial charge in [0.25, 0.3) is 0 Å². The Kier molecular flexibility index (Phi) is 5.04. The summed E-state index contributed by atoms with van der Waals surface area (Å²) >= 11 is 0. The van der Waals surface area contributed by atoms with Crippen LogP contribution in [0.15, 0.2) is 11.6 Å². The van der Waals surface area contributed by atoms with Crippen LogP contribution in [0.4, 0.5) is 0 Å². The maximum absolute atomic E-state index is 12.3. The Morgan fingerprint density at radius 3 is 2.29 bits per heavy atom. The number of carbonyl (C=O) groups is 2. The number of rotatable bonds is 3. The summed E-state index contributed by atoms with van der Waals surface area (Å²) in [5.74, 6) is -1.44. The van der Waals surface area contributed by atoms with Crippen LogP contribution in [0.3, 0.4) is 0 Å². The summed E-state index contributed by atoms with van der Waals surface area (Å²) in [6.07, 6.45) is 6.37. The highest BCUT2D eigenvalue weighted by Gasteiger charge is 2.49. The van der Waals surface area contributed by atoms with Crippen molar-refractivity contribution < 1.29 is 19.1 Å². The number of methoxy groups -OCH3 is 2. The van der Waals surface area contributed by atoms with E-state index in [9.17, 15) is 9.59 Å². The van der Waals surface area contributed by atoms with Crippen molar-refractivity contribution in [2.75, 3.05) is 28.3 Å². The van der Waals surface area contributed by atoms with E-state index in [1.807, 2.05) is 19.0 Å². The number of esters is 2. The van der Waals surface area contributed by atoms with E-state index < -0.39 is 11.8 Å². The van der Waals surface area contributed by atoms with E-state index in [0.717, 1.165) is 25.7 Å². The number of ether oxygens (including phenoxy) is 2. The Morgan fingerprint density at radius 1 is 1.10 bits per heavy atom. The lowest BCUT2D eigenvalue weighted by molar-refractivity contribution is -0.162. The van der Waals surface area contributed by atoms with Crippen LogP contribution in [-0.2, 0) is 19.1 Å². The standard InChI is InChI=1S/C16H25NO4/c1-17(2)12-9-10-7-5-6-8-11(10)13(15(18)20-3)14(12)16(19)21-4/h9,11-14H,5-8H2,1-4H3/t11-,12+,13-,14-/m0/s1. The van der Waals surface area contributed by atoms with Gasteiger partial charge in [0, 0.05) is 6.04 Å². The van der Waals surface area contributed by atoms with Crippen LogP contribution in [0.2, 0.25) is 0 Å². The Morgan fingerprint density at radius 2 is 1.71 bits per heavy atom. The van der Waals surface area contributed by atoms with E-state index in [4.69, 9.17) is 9.47 Å². The van der Waals surface area contributed by atoms with E-state index >= 15 is 0 Å². The van der Waals surface area contributed by atoms with Gasteiger partial charge in [-0.3, -0.25) is 9.59 Å². The molecule has 0 saturated heterocycles. The molecule has 5 heteroatoms. The molecule has 21 heavy (non-hydrogen) atoms. The molecule has 2 aliphatic rings. The quantitative estimate of drug-likeness (QED) is 0.585. The summed E-state index contributed by atoms with van der Waals surface area (Å²) in [6.45, 7) is 0. The third-order valence-electron chi connectivity index (χ3n) is 4.82. The van der Waals surface area contributed by atoms with Crippen molar-refractivity contribution in [3.05, 3.63) is 11.6 Å². The maximum Gasteiger partial charge on any atom is 0.311 e. The molecule has 0 N–H and O–H groups in total. The normalized spacial score (nSPS) is 32.1. The number of fused-ring (bicyclic) bond motifs is 1. The topological polar surface area (TPSA) is 55.8 Å². The number of allylic oxidation sites excluding steroid dienone is 1. The van der Waals surface area contributed by atoms with Gasteiger partial charge in [0.15, 0.2) is 0 Å². The number of carbonyl (C=O) groups excluding carboxylic acids is 2. The van der Waals surface area contributed by atoms with Crippen molar-refractivity contribution in [3.63, 3.8) is 0 Å². The smallest absolute Gasteiger partial charge is 0.311 e. The minimum atomic E-state index is -0.496. The fourth-order valence-electron chi connectivity index (χ4n) is 3.81. The van der Waals surface area contributed by atoms with Crippen molar-refractivity contribution in [1.29, 1.82) is 0 Å². The first-order valence-corrected chi connectivity index (χ1v) is 7.54. The Labute approximate surface area is 126 Å². The molecule has 0 aromatic heterocycles. The summed E-state index contributed by atoms with van der Waals surface area (Å²) in [6, 6.07) is -0.120. The number of nitrogens with zero attached hydrogens (tertiary/aromatic N) is 1. The first-order chi connectivity index (χ1) is 10.0. The molecule has 0 aliphatic heterocycles. The van der Waals surface area contributed by atoms with Crippen LogP contribution >= 0.6 is 0 Å². The van der Waals surface area contributed by atoms with Crippen LogP contribution < -0.4 is 0 Å². The molecule has 2 aliphatic carbocycles. The second-order valence-electron chi connectivity index (χ2n) is 6.15. The van der Waals surface area contributed by atoms with Crippen LogP contribution in [0.25, 0.3) is 0 Å². The van der Waals surface area contributed by atoms with E-state index in [1.165, 1.54) is 19.8 Å². The van der Waals surface area contributed by atoms with Crippen LogP contribution in [0, 0.1) is 17.8 Å². The molecule has 118 valence electrons. The molecule has 5 nitrogen and oxygen atoms in total. The van der Waals surface area contributed by atoms with Gasteiger partial charge in [-0.25, -0.2) is 0 Å². The zero-order valence-corrected chi connectivity index (χ0v) is 13.3. The molecule has 0 bridgehead atoms. The fraction of sp³-hybridized carbons (Fsp3) is 0.750. The van der Waals surface area contributed by atoms with E-state index in [2.05, 4.69) is 6.08 Å². The molecular formula is C16H25NO4. The molecule has 0 spiro atoms. The van der Waals surface area contributed by atoms with Gasteiger partial charge in [-0.05, 0) is 39.3 Å². The first-order valence-electron chi connectivity index (χ1n) is 7.54. The van der Waals surface area contributed by atoms with Crippen molar-refractivity contribution in [3.8, 4) is 0 Å². The maximum atomic E-state index is 12.3. The van der Waals surface area contributed by atoms with Crippen molar-refractivity contribution in [2.45, 2.75) is 31.7 Å². The molecule has 0 amide bonds. The highest BCUT2D eigenvalue weighted by atomic mass is 16.5. The molecule has 1 saturated carbocycles. The summed E-state index contributed by atoms with van der Waals surface area (Å²) in [5, 5.41) is 0. The van der Waals surface area contributed by atoms with Gasteiger partial charge in [0.2, 0.25) is 0 Å². The van der Waals surface area contributed by atoms with E-state index in [0.29, 0.717) is 0 Å². The monoisotopic (exact) mass is 295 g/mol. The third-order valence-corrected chi connectivity index (χ3v) is 4.82. The van der Waals surface area contributed by atoms with E-state index in [1.54, 1.807) is 0 Å². The number of likely N-dealkylation sites (N-methyl/N-ethyl adjacent to an activating group) is 1. The summed E-state index contributed by atoms with van der Waals surface area (Å²) in [5.41, 5.74) is 1.30. The molecule has 4 atom stereocenters. The largest absolute Gasteiger partial charge is 0.469 e. The van der Waals surface area contributed by atoms with Gasteiger partial charge in [0.05, 0.1) is 26.1 Å². The van der Waals surface area contributed by atoms with Crippen LogP contribution in [-0.4, -0.2) is 51.2 Å². The average Bonchev–Trinajstić information content (AvgIpc) is 2.51. The highest BCUT2D eigenvalue weighted by molar-refractivity contribution is 5.84. The molecule has 0 heterocycles. The van der Waals surface area contributed by atoms with Crippen LogP contribution in [0.1, 0.15) is 25.7 Å². The molecule has 2 rings (SSSR count). The molecule has 1 fully saturated rings. The minimum Gasteiger partial charge on any atom is -0.469 e. The first kappa shape index (κ1) is 16.0. The minimum absolute atomic E-state index is 0.117. The summed E-state index contributed by atoms with van der Waals surface area (Å²) < 4.78 is 9.97. The third kappa shape index (κ3) is 2.98. The van der Waals surface area contributed by atoms with Gasteiger partial charge in [0.1, 0.15) is 0 Å². The van der Waals surface area contributed by atoms with Crippen LogP contribution in [0.5, 0.6) is 0 Å². The second-order valence-corrected chi connectivity index (χ2v) is 6.15. The van der Waals surface area contributed by atoms with Gasteiger partial charge in [-0.2, -0.15) is 0 Å². The predicted molar refractivity (Wildman–Crippen MR) is 78.5 cm³/mol. The average molecular weight is 295 g/mol. The molecule has 0 aromatic carbocycles. The number of hydrogen-bond donors (Lipinski definition) is 0. The van der Waals surface area contributed by atoms with Crippen molar-refractivity contribution in [2.24, 2.45) is 17.8 Å². The summed E-state index contributed by atoms with van der Waals surface area (Å²) in [4.78, 5) is 26.6. The SMILES string of the molecule is COC(=O)[C@@H]1[C@@H](C(=O)OC)[C@H]2CCCCC2=C[C@H]1N(C)C. The Balaban J connectivity index is 2.46. The molecular weight excluding hydrogens is 270 g/mol. The zero-order valence-electron chi connectivity index (χ0n) is 13.3. The molecule has 0 unspecified atom stereocenters.